The average molecular weight is 461 g/mol. The van der Waals surface area contributed by atoms with E-state index in [0.717, 1.165) is 17.5 Å². The number of aliphatic hydroxyl groups excluding tert-OH is 1. The van der Waals surface area contributed by atoms with Gasteiger partial charge >= 0.3 is 5.97 Å². The molecule has 7 atom stereocenters. The van der Waals surface area contributed by atoms with Crippen molar-refractivity contribution in [2.45, 2.75) is 63.1 Å². The molecule has 7 nitrogen and oxygen atoms in total. The highest BCUT2D eigenvalue weighted by atomic mass is 32.2. The first-order chi connectivity index (χ1) is 15.2. The number of hydrogen-bond donors (Lipinski definition) is 2. The fourth-order valence-electron chi connectivity index (χ4n) is 5.90. The van der Waals surface area contributed by atoms with E-state index in [0.29, 0.717) is 5.69 Å². The summed E-state index contributed by atoms with van der Waals surface area (Å²) in [5, 5.41) is 12.9. The molecule has 1 spiro atoms. The van der Waals surface area contributed by atoms with Gasteiger partial charge in [-0.15, -0.1) is 11.8 Å². The van der Waals surface area contributed by atoms with Gasteiger partial charge in [0.05, 0.1) is 35.8 Å². The van der Waals surface area contributed by atoms with Crippen LogP contribution in [0.1, 0.15) is 38.3 Å². The summed E-state index contributed by atoms with van der Waals surface area (Å²) in [6, 6.07) is 4.55. The summed E-state index contributed by atoms with van der Waals surface area (Å²) in [5.41, 5.74) is 2.67. The van der Waals surface area contributed by atoms with Crippen LogP contribution < -0.4 is 5.32 Å². The quantitative estimate of drug-likeness (QED) is 0.634. The lowest BCUT2D eigenvalue weighted by Gasteiger charge is -2.39. The molecule has 0 saturated carbocycles. The average Bonchev–Trinajstić information content (AvgIpc) is 3.34. The van der Waals surface area contributed by atoms with E-state index in [9.17, 15) is 19.5 Å². The van der Waals surface area contributed by atoms with E-state index in [-0.39, 0.29) is 42.2 Å². The standard InChI is InChI=1S/C24H32N2O5S/c1-6-31-23(30)18-17-10-14(4)24(32-17)19(18)22(29)26(15(5)11-27)20(24)21(28)25-16-9-12(2)7-8-13(16)3/h7-9,14-15,17-20,27H,6,10-11H2,1-5H3,(H,25,28)/t14?,15-,17-,18+,19+,20?,24?/m1/s1. The zero-order valence-electron chi connectivity index (χ0n) is 19.3. The first kappa shape index (κ1) is 23.1. The van der Waals surface area contributed by atoms with E-state index in [4.69, 9.17) is 4.74 Å². The Bertz CT molecular complexity index is 952. The molecule has 1 aromatic carbocycles. The number of fused-ring (bicyclic) bond motifs is 1. The van der Waals surface area contributed by atoms with Crippen LogP contribution in [0.3, 0.4) is 0 Å². The highest BCUT2D eigenvalue weighted by molar-refractivity contribution is 8.02. The Morgan fingerprint density at radius 3 is 2.75 bits per heavy atom. The summed E-state index contributed by atoms with van der Waals surface area (Å²) in [4.78, 5) is 41.9. The fraction of sp³-hybridized carbons (Fsp3) is 0.625. The number of benzene rings is 1. The SMILES string of the molecule is CCOC(=O)[C@@H]1[C@H]2C(=O)N([C@H](C)CO)C(C(=O)Nc3cc(C)ccc3C)C23S[C@@H]1CC3C. The summed E-state index contributed by atoms with van der Waals surface area (Å²) >= 11 is 1.60. The normalized spacial score (nSPS) is 33.9. The molecule has 3 aliphatic rings. The van der Waals surface area contributed by atoms with Crippen molar-refractivity contribution in [3.8, 4) is 0 Å². The molecule has 174 valence electrons. The number of nitrogens with zero attached hydrogens (tertiary/aromatic N) is 1. The van der Waals surface area contributed by atoms with Crippen molar-refractivity contribution in [1.82, 2.24) is 4.90 Å². The number of thioether (sulfide) groups is 1. The summed E-state index contributed by atoms with van der Waals surface area (Å²) < 4.78 is 4.62. The number of aliphatic hydroxyl groups is 1. The van der Waals surface area contributed by atoms with Crippen LogP contribution in [0.25, 0.3) is 0 Å². The van der Waals surface area contributed by atoms with Gasteiger partial charge in [-0.1, -0.05) is 19.1 Å². The third kappa shape index (κ3) is 3.25. The van der Waals surface area contributed by atoms with E-state index < -0.39 is 28.7 Å². The van der Waals surface area contributed by atoms with Crippen LogP contribution >= 0.6 is 11.8 Å². The Balaban J connectivity index is 1.77. The number of ether oxygens (including phenoxy) is 1. The fourth-order valence-corrected chi connectivity index (χ4v) is 8.30. The van der Waals surface area contributed by atoms with Crippen LogP contribution in [0.5, 0.6) is 0 Å². The number of esters is 1. The van der Waals surface area contributed by atoms with Crippen LogP contribution in [-0.2, 0) is 19.1 Å². The number of likely N-dealkylation sites (tertiary alicyclic amines) is 1. The van der Waals surface area contributed by atoms with Crippen LogP contribution in [-0.4, -0.2) is 63.1 Å². The smallest absolute Gasteiger partial charge is 0.310 e. The topological polar surface area (TPSA) is 95.9 Å². The van der Waals surface area contributed by atoms with Crippen molar-refractivity contribution >= 4 is 35.2 Å². The number of aryl methyl sites for hydroxylation is 2. The second kappa shape index (κ2) is 8.37. The van der Waals surface area contributed by atoms with E-state index in [1.807, 2.05) is 32.0 Å². The molecule has 32 heavy (non-hydrogen) atoms. The van der Waals surface area contributed by atoms with Gasteiger partial charge in [-0.25, -0.2) is 0 Å². The number of nitrogens with one attached hydrogen (secondary N) is 1. The van der Waals surface area contributed by atoms with Crippen LogP contribution in [0.4, 0.5) is 5.69 Å². The molecule has 3 unspecified atom stereocenters. The predicted molar refractivity (Wildman–Crippen MR) is 123 cm³/mol. The molecular weight excluding hydrogens is 428 g/mol. The van der Waals surface area contributed by atoms with Gasteiger partial charge in [-0.2, -0.15) is 0 Å². The van der Waals surface area contributed by atoms with Gasteiger partial charge in [-0.05, 0) is 57.2 Å². The molecule has 1 aromatic rings. The number of carbonyl (C=O) groups is 3. The van der Waals surface area contributed by atoms with Gasteiger partial charge in [0.1, 0.15) is 6.04 Å². The van der Waals surface area contributed by atoms with Gasteiger partial charge < -0.3 is 20.1 Å². The van der Waals surface area contributed by atoms with Gasteiger partial charge in [0.2, 0.25) is 11.8 Å². The number of hydrogen-bond acceptors (Lipinski definition) is 6. The Morgan fingerprint density at radius 2 is 2.09 bits per heavy atom. The molecule has 4 rings (SSSR count). The number of carbonyl (C=O) groups excluding carboxylic acids is 3. The second-order valence-corrected chi connectivity index (χ2v) is 10.9. The van der Waals surface area contributed by atoms with Gasteiger partial charge in [0, 0.05) is 10.9 Å². The van der Waals surface area contributed by atoms with Gasteiger partial charge in [-0.3, -0.25) is 14.4 Å². The molecule has 3 heterocycles. The first-order valence-corrected chi connectivity index (χ1v) is 12.2. The molecule has 0 aliphatic carbocycles. The minimum absolute atomic E-state index is 0.0411. The Labute approximate surface area is 193 Å². The van der Waals surface area contributed by atoms with Crippen molar-refractivity contribution in [1.29, 1.82) is 0 Å². The van der Waals surface area contributed by atoms with E-state index in [2.05, 4.69) is 12.2 Å². The molecule has 2 N–H and O–H groups in total. The summed E-state index contributed by atoms with van der Waals surface area (Å²) in [6.45, 7) is 9.46. The Morgan fingerprint density at radius 1 is 1.38 bits per heavy atom. The summed E-state index contributed by atoms with van der Waals surface area (Å²) in [5.74, 6) is -1.96. The molecule has 2 amide bonds. The Hall–Kier alpha value is -2.06. The highest BCUT2D eigenvalue weighted by Gasteiger charge is 2.76. The maximum Gasteiger partial charge on any atom is 0.310 e. The van der Waals surface area contributed by atoms with Gasteiger partial charge in [0.15, 0.2) is 0 Å². The molecular formula is C24H32N2O5S. The lowest BCUT2D eigenvalue weighted by Crippen LogP contribution is -2.56. The van der Waals surface area contributed by atoms with Crippen molar-refractivity contribution in [2.24, 2.45) is 17.8 Å². The number of rotatable bonds is 6. The second-order valence-electron chi connectivity index (χ2n) is 9.39. The lowest BCUT2D eigenvalue weighted by atomic mass is 9.66. The zero-order chi connectivity index (χ0) is 23.4. The largest absolute Gasteiger partial charge is 0.466 e. The van der Waals surface area contributed by atoms with Crippen LogP contribution in [0.15, 0.2) is 18.2 Å². The molecule has 8 heteroatoms. The van der Waals surface area contributed by atoms with E-state index >= 15 is 0 Å². The summed E-state index contributed by atoms with van der Waals surface area (Å²) in [7, 11) is 0. The first-order valence-electron chi connectivity index (χ1n) is 11.3. The maximum absolute atomic E-state index is 13.8. The molecule has 3 aliphatic heterocycles. The Kier molecular flexibility index (Phi) is 6.05. The van der Waals surface area contributed by atoms with Gasteiger partial charge in [0.25, 0.3) is 0 Å². The van der Waals surface area contributed by atoms with E-state index in [1.165, 1.54) is 4.90 Å². The monoisotopic (exact) mass is 460 g/mol. The van der Waals surface area contributed by atoms with Crippen molar-refractivity contribution < 1.29 is 24.2 Å². The van der Waals surface area contributed by atoms with Crippen molar-refractivity contribution in [3.63, 3.8) is 0 Å². The van der Waals surface area contributed by atoms with E-state index in [1.54, 1.807) is 25.6 Å². The summed E-state index contributed by atoms with van der Waals surface area (Å²) in [6.07, 6.45) is 0.756. The predicted octanol–water partition coefficient (Wildman–Crippen LogP) is 2.52. The molecule has 3 saturated heterocycles. The van der Waals surface area contributed by atoms with Crippen LogP contribution in [0, 0.1) is 31.6 Å². The third-order valence-electron chi connectivity index (χ3n) is 7.38. The number of amides is 2. The maximum atomic E-state index is 13.8. The zero-order valence-corrected chi connectivity index (χ0v) is 20.1. The van der Waals surface area contributed by atoms with Crippen LogP contribution in [0.2, 0.25) is 0 Å². The van der Waals surface area contributed by atoms with Crippen molar-refractivity contribution in [2.75, 3.05) is 18.5 Å². The highest BCUT2D eigenvalue weighted by Crippen LogP contribution is 2.68. The minimum Gasteiger partial charge on any atom is -0.466 e. The number of anilines is 1. The minimum atomic E-state index is -0.772. The molecule has 2 bridgehead atoms. The molecule has 0 radical (unpaired) electrons. The third-order valence-corrected chi connectivity index (χ3v) is 9.46. The van der Waals surface area contributed by atoms with Crippen molar-refractivity contribution in [3.05, 3.63) is 29.3 Å². The molecule has 3 fully saturated rings. The molecule has 0 aromatic heterocycles. The lowest BCUT2D eigenvalue weighted by molar-refractivity contribution is -0.154.